The van der Waals surface area contributed by atoms with E-state index in [0.717, 1.165) is 5.01 Å². The molecule has 1 saturated heterocycles. The third-order valence-electron chi connectivity index (χ3n) is 3.36. The lowest BCUT2D eigenvalue weighted by molar-refractivity contribution is -0.384. The molecule has 1 unspecified atom stereocenters. The topological polar surface area (TPSA) is 145 Å². The van der Waals surface area contributed by atoms with Gasteiger partial charge in [0, 0.05) is 24.4 Å². The molecule has 2 atom stereocenters. The molecule has 0 spiro atoms. The largest absolute Gasteiger partial charge is 0.379 e. The van der Waals surface area contributed by atoms with Crippen molar-refractivity contribution in [2.24, 2.45) is 11.6 Å². The summed E-state index contributed by atoms with van der Waals surface area (Å²) in [5.74, 6) is 4.88. The summed E-state index contributed by atoms with van der Waals surface area (Å²) in [6.45, 7) is 0.276. The molecule has 112 valence electrons. The van der Waals surface area contributed by atoms with Crippen LogP contribution in [0.1, 0.15) is 6.42 Å². The first kappa shape index (κ1) is 15.3. The molecule has 1 heterocycles. The summed E-state index contributed by atoms with van der Waals surface area (Å²) in [6.07, 6.45) is 0.408. The van der Waals surface area contributed by atoms with Crippen LogP contribution in [0.5, 0.6) is 0 Å². The fourth-order valence-electron chi connectivity index (χ4n) is 2.13. The van der Waals surface area contributed by atoms with Gasteiger partial charge in [-0.05, 0) is 18.6 Å². The van der Waals surface area contributed by atoms with Crippen molar-refractivity contribution < 1.29 is 14.3 Å². The molecule has 0 aromatic heterocycles. The number of benzene rings is 1. The zero-order valence-corrected chi connectivity index (χ0v) is 11.8. The summed E-state index contributed by atoms with van der Waals surface area (Å²) in [5.41, 5.74) is 6.39. The zero-order chi connectivity index (χ0) is 15.6. The van der Waals surface area contributed by atoms with Crippen LogP contribution in [-0.4, -0.2) is 33.7 Å². The van der Waals surface area contributed by atoms with Gasteiger partial charge in [0.1, 0.15) is 0 Å². The minimum atomic E-state index is -1.66. The van der Waals surface area contributed by atoms with Crippen molar-refractivity contribution >= 4 is 25.7 Å². The molecule has 10 heteroatoms. The van der Waals surface area contributed by atoms with Crippen molar-refractivity contribution in [1.82, 2.24) is 5.01 Å². The predicted molar refractivity (Wildman–Crippen MR) is 75.5 cm³/mol. The average Bonchev–Trinajstić information content (AvgIpc) is 2.48. The van der Waals surface area contributed by atoms with Crippen LogP contribution in [0.4, 0.5) is 11.4 Å². The number of non-ortho nitro benzene ring substituents is 1. The standard InChI is InChI=1S/C11H14N5O4P/c12-11(21-20)9(5-6-15(13)10(11)17)14-7-1-3-8(4-2-7)16(18)19/h1-4,9,14H,5-6,12-13H2/t9?,11-/m0/s1. The first-order valence-corrected chi connectivity index (χ1v) is 6.91. The second kappa shape index (κ2) is 5.72. The van der Waals surface area contributed by atoms with Gasteiger partial charge >= 0.3 is 0 Å². The second-order valence-corrected chi connectivity index (χ2v) is 5.63. The van der Waals surface area contributed by atoms with Crippen LogP contribution in [0.25, 0.3) is 0 Å². The third kappa shape index (κ3) is 2.85. The minimum Gasteiger partial charge on any atom is -0.379 e. The van der Waals surface area contributed by atoms with E-state index in [2.05, 4.69) is 5.32 Å². The molecule has 1 amide bonds. The van der Waals surface area contributed by atoms with Gasteiger partial charge in [0.05, 0.1) is 11.0 Å². The monoisotopic (exact) mass is 311 g/mol. The number of hydrogen-bond donors (Lipinski definition) is 3. The van der Waals surface area contributed by atoms with Gasteiger partial charge in [-0.3, -0.25) is 24.5 Å². The second-order valence-electron chi connectivity index (χ2n) is 4.70. The number of anilines is 1. The molecule has 0 saturated carbocycles. The number of rotatable bonds is 4. The highest BCUT2D eigenvalue weighted by molar-refractivity contribution is 7.27. The Morgan fingerprint density at radius 3 is 2.57 bits per heavy atom. The average molecular weight is 311 g/mol. The maximum atomic E-state index is 12.0. The molecule has 2 rings (SSSR count). The Hall–Kier alpha value is -2.09. The maximum Gasteiger partial charge on any atom is 0.270 e. The molecular weight excluding hydrogens is 297 g/mol. The minimum absolute atomic E-state index is 0.0469. The summed E-state index contributed by atoms with van der Waals surface area (Å²) in [6, 6.07) is 5.06. The van der Waals surface area contributed by atoms with Crippen LogP contribution in [0, 0.1) is 10.1 Å². The van der Waals surface area contributed by atoms with E-state index in [0.29, 0.717) is 12.1 Å². The number of carbonyl (C=O) groups excluding carboxylic acids is 1. The van der Waals surface area contributed by atoms with E-state index in [-0.39, 0.29) is 12.2 Å². The van der Waals surface area contributed by atoms with Crippen molar-refractivity contribution in [3.8, 4) is 0 Å². The van der Waals surface area contributed by atoms with E-state index in [1.165, 1.54) is 24.3 Å². The SMILES string of the molecule is NN1CCC(Nc2ccc([N+](=O)[O-])cc2)[C@](N)(P=O)C1=O. The molecule has 9 nitrogen and oxygen atoms in total. The van der Waals surface area contributed by atoms with Crippen LogP contribution in [0.3, 0.4) is 0 Å². The quantitative estimate of drug-likeness (QED) is 0.240. The summed E-state index contributed by atoms with van der Waals surface area (Å²) < 4.78 is 11.3. The van der Waals surface area contributed by atoms with Crippen LogP contribution in [0.15, 0.2) is 24.3 Å². The van der Waals surface area contributed by atoms with Crippen molar-refractivity contribution in [1.29, 1.82) is 0 Å². The molecule has 0 bridgehead atoms. The number of hydrogen-bond acceptors (Lipinski definition) is 7. The number of nitro benzene ring substituents is 1. The highest BCUT2D eigenvalue weighted by atomic mass is 31.1. The fourth-order valence-corrected chi connectivity index (χ4v) is 2.66. The Labute approximate surface area is 121 Å². The number of nitro groups is 1. The Balaban J connectivity index is 2.19. The van der Waals surface area contributed by atoms with Crippen molar-refractivity contribution in [3.05, 3.63) is 34.4 Å². The molecule has 0 radical (unpaired) electrons. The predicted octanol–water partition coefficient (Wildman–Crippen LogP) is 0.428. The van der Waals surface area contributed by atoms with E-state index in [9.17, 15) is 19.5 Å². The van der Waals surface area contributed by atoms with E-state index < -0.39 is 30.6 Å². The van der Waals surface area contributed by atoms with Gasteiger partial charge in [-0.1, -0.05) is 0 Å². The summed E-state index contributed by atoms with van der Waals surface area (Å²) >= 11 is 0. The molecule has 0 aliphatic carbocycles. The van der Waals surface area contributed by atoms with Gasteiger partial charge in [0.25, 0.3) is 11.6 Å². The van der Waals surface area contributed by atoms with Gasteiger partial charge < -0.3 is 11.1 Å². The molecule has 1 aliphatic heterocycles. The van der Waals surface area contributed by atoms with E-state index in [1.807, 2.05) is 0 Å². The van der Waals surface area contributed by atoms with Crippen molar-refractivity contribution in [3.63, 3.8) is 0 Å². The normalized spacial score (nSPS) is 25.9. The number of nitrogens with one attached hydrogen (secondary N) is 1. The Kier molecular flexibility index (Phi) is 4.17. The lowest BCUT2D eigenvalue weighted by atomic mass is 9.99. The Morgan fingerprint density at radius 1 is 1.43 bits per heavy atom. The molecule has 1 aromatic rings. The number of piperidine rings is 1. The highest BCUT2D eigenvalue weighted by Gasteiger charge is 2.49. The van der Waals surface area contributed by atoms with Gasteiger partial charge in [-0.15, -0.1) is 0 Å². The Bertz CT molecular complexity index is 580. The lowest BCUT2D eigenvalue weighted by Crippen LogP contribution is -2.66. The lowest BCUT2D eigenvalue weighted by Gasteiger charge is -2.39. The molecule has 1 fully saturated rings. The summed E-state index contributed by atoms with van der Waals surface area (Å²) in [5, 5.41) is 12.9. The van der Waals surface area contributed by atoms with Gasteiger partial charge in [-0.25, -0.2) is 5.84 Å². The van der Waals surface area contributed by atoms with Crippen molar-refractivity contribution in [2.75, 3.05) is 11.9 Å². The van der Waals surface area contributed by atoms with E-state index >= 15 is 0 Å². The number of nitrogens with zero attached hydrogens (tertiary/aromatic N) is 2. The van der Waals surface area contributed by atoms with Crippen LogP contribution in [-0.2, 0) is 9.36 Å². The number of hydrazine groups is 1. The smallest absolute Gasteiger partial charge is 0.270 e. The third-order valence-corrected chi connectivity index (χ3v) is 4.17. The molecular formula is C11H14N5O4P. The van der Waals surface area contributed by atoms with E-state index in [1.54, 1.807) is 0 Å². The molecule has 21 heavy (non-hydrogen) atoms. The van der Waals surface area contributed by atoms with Crippen LogP contribution < -0.4 is 16.9 Å². The summed E-state index contributed by atoms with van der Waals surface area (Å²) in [7, 11) is -0.541. The fraction of sp³-hybridized carbons (Fsp3) is 0.364. The zero-order valence-electron chi connectivity index (χ0n) is 10.9. The number of amides is 1. The molecule has 5 N–H and O–H groups in total. The van der Waals surface area contributed by atoms with Gasteiger partial charge in [0.15, 0.2) is 13.7 Å². The first-order valence-electron chi connectivity index (χ1n) is 6.09. The van der Waals surface area contributed by atoms with E-state index in [4.69, 9.17) is 11.6 Å². The summed E-state index contributed by atoms with van der Waals surface area (Å²) in [4.78, 5) is 22.0. The maximum absolute atomic E-state index is 12.0. The highest BCUT2D eigenvalue weighted by Crippen LogP contribution is 2.31. The van der Waals surface area contributed by atoms with Crippen molar-refractivity contribution in [2.45, 2.75) is 17.7 Å². The Morgan fingerprint density at radius 2 is 2.05 bits per heavy atom. The van der Waals surface area contributed by atoms with Gasteiger partial charge in [-0.2, -0.15) is 0 Å². The molecule has 1 aliphatic rings. The number of carbonyl (C=O) groups is 1. The van der Waals surface area contributed by atoms with Gasteiger partial charge in [0.2, 0.25) is 0 Å². The molecule has 1 aromatic carbocycles. The van der Waals surface area contributed by atoms with Crippen LogP contribution >= 0.6 is 8.46 Å². The first-order chi connectivity index (χ1) is 9.88. The van der Waals surface area contributed by atoms with Crippen LogP contribution in [0.2, 0.25) is 0 Å². The number of nitrogens with two attached hydrogens (primary N) is 2.